The van der Waals surface area contributed by atoms with E-state index >= 15 is 0 Å². The van der Waals surface area contributed by atoms with Gasteiger partial charge in [-0.25, -0.2) is 4.98 Å². The summed E-state index contributed by atoms with van der Waals surface area (Å²) in [7, 11) is 0. The van der Waals surface area contributed by atoms with E-state index in [1.807, 2.05) is 18.3 Å². The summed E-state index contributed by atoms with van der Waals surface area (Å²) < 4.78 is 0. The maximum atomic E-state index is 11.2. The van der Waals surface area contributed by atoms with Gasteiger partial charge in [0.1, 0.15) is 5.82 Å². The highest BCUT2D eigenvalue weighted by Crippen LogP contribution is 2.26. The maximum Gasteiger partial charge on any atom is 0.239 e. The molecule has 1 saturated heterocycles. The van der Waals surface area contributed by atoms with Crippen LogP contribution >= 0.6 is 0 Å². The van der Waals surface area contributed by atoms with Gasteiger partial charge in [-0.2, -0.15) is 0 Å². The molecule has 2 heterocycles. The first-order chi connectivity index (χ1) is 9.24. The maximum absolute atomic E-state index is 11.2. The molecule has 1 fully saturated rings. The van der Waals surface area contributed by atoms with E-state index in [-0.39, 0.29) is 12.5 Å². The number of nitrogens with two attached hydrogens (primary N) is 1. The Labute approximate surface area is 114 Å². The van der Waals surface area contributed by atoms with E-state index in [2.05, 4.69) is 22.1 Å². The lowest BCUT2D eigenvalue weighted by Gasteiger charge is -2.37. The van der Waals surface area contributed by atoms with E-state index in [0.717, 1.165) is 18.7 Å². The highest BCUT2D eigenvalue weighted by Gasteiger charge is 2.21. The zero-order valence-corrected chi connectivity index (χ0v) is 11.4. The van der Waals surface area contributed by atoms with Gasteiger partial charge < -0.3 is 16.0 Å². The SMILES string of the molecule is CCC1CCCCN1c1ccc(NC(=O)CN)nc1. The Hall–Kier alpha value is -1.62. The van der Waals surface area contributed by atoms with Gasteiger partial charge in [0, 0.05) is 12.6 Å². The molecular formula is C14H22N4O. The Kier molecular flexibility index (Phi) is 4.74. The third-order valence-electron chi connectivity index (χ3n) is 3.63. The van der Waals surface area contributed by atoms with Crippen LogP contribution in [0.1, 0.15) is 32.6 Å². The summed E-state index contributed by atoms with van der Waals surface area (Å²) in [6.07, 6.45) is 6.79. The Morgan fingerprint density at radius 3 is 3.00 bits per heavy atom. The van der Waals surface area contributed by atoms with E-state index in [0.29, 0.717) is 11.9 Å². The van der Waals surface area contributed by atoms with Crippen LogP contribution in [0.15, 0.2) is 18.3 Å². The van der Waals surface area contributed by atoms with Crippen LogP contribution in [0.2, 0.25) is 0 Å². The Balaban J connectivity index is 2.06. The molecule has 1 aromatic heterocycles. The molecule has 0 aromatic carbocycles. The zero-order chi connectivity index (χ0) is 13.7. The van der Waals surface area contributed by atoms with Crippen molar-refractivity contribution in [1.82, 2.24) is 4.98 Å². The quantitative estimate of drug-likeness (QED) is 0.867. The van der Waals surface area contributed by atoms with Crippen LogP contribution in [0.3, 0.4) is 0 Å². The first-order valence-corrected chi connectivity index (χ1v) is 6.97. The van der Waals surface area contributed by atoms with Crippen LogP contribution in [-0.2, 0) is 4.79 Å². The number of pyridine rings is 1. The van der Waals surface area contributed by atoms with Gasteiger partial charge in [0.15, 0.2) is 0 Å². The second kappa shape index (κ2) is 6.52. The van der Waals surface area contributed by atoms with Crippen molar-refractivity contribution in [2.24, 2.45) is 5.73 Å². The fraction of sp³-hybridized carbons (Fsp3) is 0.571. The number of nitrogens with zero attached hydrogens (tertiary/aromatic N) is 2. The monoisotopic (exact) mass is 262 g/mol. The molecule has 1 aliphatic heterocycles. The molecule has 1 amide bonds. The molecule has 3 N–H and O–H groups in total. The number of nitrogens with one attached hydrogen (secondary N) is 1. The normalized spacial score (nSPS) is 19.3. The van der Waals surface area contributed by atoms with Crippen LogP contribution in [0.25, 0.3) is 0 Å². The van der Waals surface area contributed by atoms with Gasteiger partial charge in [0.2, 0.25) is 5.91 Å². The predicted molar refractivity (Wildman–Crippen MR) is 77.2 cm³/mol. The lowest BCUT2D eigenvalue weighted by Crippen LogP contribution is -2.39. The Bertz CT molecular complexity index is 418. The molecule has 0 aliphatic carbocycles. The summed E-state index contributed by atoms with van der Waals surface area (Å²) in [4.78, 5) is 17.9. The summed E-state index contributed by atoms with van der Waals surface area (Å²) in [5.41, 5.74) is 6.39. The summed E-state index contributed by atoms with van der Waals surface area (Å²) in [6, 6.07) is 4.47. The molecule has 19 heavy (non-hydrogen) atoms. The van der Waals surface area contributed by atoms with Crippen molar-refractivity contribution >= 4 is 17.4 Å². The fourth-order valence-corrected chi connectivity index (χ4v) is 2.59. The minimum Gasteiger partial charge on any atom is -0.367 e. The van der Waals surface area contributed by atoms with Crippen molar-refractivity contribution in [1.29, 1.82) is 0 Å². The number of anilines is 2. The summed E-state index contributed by atoms with van der Waals surface area (Å²) >= 11 is 0. The second-order valence-corrected chi connectivity index (χ2v) is 4.91. The molecule has 1 unspecified atom stereocenters. The number of carbonyl (C=O) groups is 1. The third-order valence-corrected chi connectivity index (χ3v) is 3.63. The van der Waals surface area contributed by atoms with Gasteiger partial charge in [-0.15, -0.1) is 0 Å². The summed E-state index contributed by atoms with van der Waals surface area (Å²) in [5.74, 6) is 0.342. The molecule has 104 valence electrons. The first-order valence-electron chi connectivity index (χ1n) is 6.97. The van der Waals surface area contributed by atoms with E-state index in [1.165, 1.54) is 19.3 Å². The topological polar surface area (TPSA) is 71.2 Å². The molecule has 0 spiro atoms. The van der Waals surface area contributed by atoms with Crippen LogP contribution < -0.4 is 16.0 Å². The van der Waals surface area contributed by atoms with Crippen molar-refractivity contribution in [3.8, 4) is 0 Å². The molecule has 5 heteroatoms. The third kappa shape index (κ3) is 3.44. The zero-order valence-electron chi connectivity index (χ0n) is 11.4. The summed E-state index contributed by atoms with van der Waals surface area (Å²) in [5, 5.41) is 2.65. The molecule has 1 aliphatic rings. The number of hydrogen-bond donors (Lipinski definition) is 2. The molecule has 0 bridgehead atoms. The minimum absolute atomic E-state index is 0.0204. The number of aromatic nitrogens is 1. The van der Waals surface area contributed by atoms with Crippen LogP contribution in [-0.4, -0.2) is 30.0 Å². The number of amides is 1. The van der Waals surface area contributed by atoms with Gasteiger partial charge in [-0.1, -0.05) is 6.92 Å². The van der Waals surface area contributed by atoms with E-state index in [1.54, 1.807) is 0 Å². The smallest absolute Gasteiger partial charge is 0.239 e. The van der Waals surface area contributed by atoms with Crippen molar-refractivity contribution in [3.05, 3.63) is 18.3 Å². The molecule has 1 aromatic rings. The lowest BCUT2D eigenvalue weighted by molar-refractivity contribution is -0.114. The van der Waals surface area contributed by atoms with Gasteiger partial charge in [-0.05, 0) is 37.8 Å². The molecule has 0 saturated carbocycles. The van der Waals surface area contributed by atoms with Crippen LogP contribution in [0.5, 0.6) is 0 Å². The van der Waals surface area contributed by atoms with Crippen molar-refractivity contribution in [2.45, 2.75) is 38.6 Å². The van der Waals surface area contributed by atoms with Gasteiger partial charge in [0.25, 0.3) is 0 Å². The van der Waals surface area contributed by atoms with Crippen LogP contribution in [0, 0.1) is 0 Å². The van der Waals surface area contributed by atoms with Crippen molar-refractivity contribution in [3.63, 3.8) is 0 Å². The van der Waals surface area contributed by atoms with Gasteiger partial charge in [-0.3, -0.25) is 4.79 Å². The Morgan fingerprint density at radius 1 is 1.53 bits per heavy atom. The fourth-order valence-electron chi connectivity index (χ4n) is 2.59. The van der Waals surface area contributed by atoms with Crippen molar-refractivity contribution < 1.29 is 4.79 Å². The highest BCUT2D eigenvalue weighted by molar-refractivity contribution is 5.91. The second-order valence-electron chi connectivity index (χ2n) is 4.91. The van der Waals surface area contributed by atoms with Crippen LogP contribution in [0.4, 0.5) is 11.5 Å². The Morgan fingerprint density at radius 2 is 2.37 bits per heavy atom. The number of carbonyl (C=O) groups excluding carboxylic acids is 1. The molecule has 2 rings (SSSR count). The first kappa shape index (κ1) is 13.8. The molecular weight excluding hydrogens is 240 g/mol. The molecule has 0 radical (unpaired) electrons. The average Bonchev–Trinajstić information content (AvgIpc) is 2.48. The van der Waals surface area contributed by atoms with E-state index in [9.17, 15) is 4.79 Å². The lowest BCUT2D eigenvalue weighted by atomic mass is 9.99. The standard InChI is InChI=1S/C14H22N4O/c1-2-11-5-3-4-8-18(11)12-6-7-13(16-10-12)17-14(19)9-15/h6-7,10-11H,2-5,8-9,15H2,1H3,(H,16,17,19). The number of hydrogen-bond acceptors (Lipinski definition) is 4. The molecule has 1 atom stereocenters. The van der Waals surface area contributed by atoms with E-state index in [4.69, 9.17) is 5.73 Å². The summed E-state index contributed by atoms with van der Waals surface area (Å²) in [6.45, 7) is 3.30. The largest absolute Gasteiger partial charge is 0.367 e. The van der Waals surface area contributed by atoms with E-state index < -0.39 is 0 Å². The highest BCUT2D eigenvalue weighted by atomic mass is 16.1. The van der Waals surface area contributed by atoms with Gasteiger partial charge in [0.05, 0.1) is 18.4 Å². The minimum atomic E-state index is -0.218. The predicted octanol–water partition coefficient (Wildman–Crippen LogP) is 1.75. The number of rotatable bonds is 4. The number of piperidine rings is 1. The van der Waals surface area contributed by atoms with Crippen molar-refractivity contribution in [2.75, 3.05) is 23.3 Å². The average molecular weight is 262 g/mol. The van der Waals surface area contributed by atoms with Gasteiger partial charge >= 0.3 is 0 Å². The molecule has 5 nitrogen and oxygen atoms in total.